The molecular formula is C13H21N3O4. The van der Waals surface area contributed by atoms with Gasteiger partial charge in [-0.25, -0.2) is 0 Å². The van der Waals surface area contributed by atoms with Crippen molar-refractivity contribution in [3.8, 4) is 0 Å². The molecule has 1 amide bonds. The fourth-order valence-corrected chi connectivity index (χ4v) is 1.96. The van der Waals surface area contributed by atoms with Gasteiger partial charge < -0.3 is 15.0 Å². The van der Waals surface area contributed by atoms with Gasteiger partial charge in [-0.3, -0.25) is 14.9 Å². The highest BCUT2D eigenvalue weighted by Gasteiger charge is 2.27. The van der Waals surface area contributed by atoms with Crippen LogP contribution >= 0.6 is 0 Å². The molecule has 20 heavy (non-hydrogen) atoms. The van der Waals surface area contributed by atoms with Crippen LogP contribution in [-0.4, -0.2) is 32.6 Å². The number of nitrogens with zero attached hydrogens (tertiary/aromatic N) is 2. The van der Waals surface area contributed by atoms with Crippen molar-refractivity contribution in [2.24, 2.45) is 0 Å². The Kier molecular flexibility index (Phi) is 5.26. The monoisotopic (exact) mass is 283 g/mol. The van der Waals surface area contributed by atoms with E-state index >= 15 is 0 Å². The maximum absolute atomic E-state index is 12.3. The largest absolute Gasteiger partial charge is 0.396 e. The van der Waals surface area contributed by atoms with Gasteiger partial charge in [-0.15, -0.1) is 0 Å². The minimum Gasteiger partial charge on any atom is -0.396 e. The van der Waals surface area contributed by atoms with Gasteiger partial charge >= 0.3 is 0 Å². The standard InChI is InChI=1S/C13H21N3O4/c1-4-13(3,6-7-17)14-12(18)11-8-10(16(19)20)9-15(11)5-2/h8-9,17H,4-7H2,1-3H3,(H,14,18). The summed E-state index contributed by atoms with van der Waals surface area (Å²) in [6, 6.07) is 1.27. The summed E-state index contributed by atoms with van der Waals surface area (Å²) in [5.74, 6) is -0.363. The van der Waals surface area contributed by atoms with E-state index < -0.39 is 10.5 Å². The van der Waals surface area contributed by atoms with Crippen LogP contribution in [0.2, 0.25) is 0 Å². The fourth-order valence-electron chi connectivity index (χ4n) is 1.96. The molecule has 1 heterocycles. The normalized spacial score (nSPS) is 13.8. The molecule has 1 unspecified atom stereocenters. The zero-order valence-corrected chi connectivity index (χ0v) is 12.0. The van der Waals surface area contributed by atoms with Crippen LogP contribution in [0.1, 0.15) is 44.1 Å². The Morgan fingerprint density at radius 3 is 2.65 bits per heavy atom. The third-order valence-corrected chi connectivity index (χ3v) is 3.53. The summed E-state index contributed by atoms with van der Waals surface area (Å²) in [6.45, 7) is 6.01. The van der Waals surface area contributed by atoms with Gasteiger partial charge in [0.15, 0.2) is 0 Å². The third-order valence-electron chi connectivity index (χ3n) is 3.53. The van der Waals surface area contributed by atoms with Gasteiger partial charge in [0.05, 0.1) is 11.1 Å². The van der Waals surface area contributed by atoms with Crippen molar-refractivity contribution in [3.63, 3.8) is 0 Å². The average Bonchev–Trinajstić information content (AvgIpc) is 2.83. The maximum Gasteiger partial charge on any atom is 0.287 e. The van der Waals surface area contributed by atoms with Gasteiger partial charge in [-0.2, -0.15) is 0 Å². The molecule has 7 heteroatoms. The Morgan fingerprint density at radius 2 is 2.20 bits per heavy atom. The Morgan fingerprint density at radius 1 is 1.55 bits per heavy atom. The molecule has 0 saturated carbocycles. The van der Waals surface area contributed by atoms with Gasteiger partial charge in [0, 0.05) is 24.8 Å². The fraction of sp³-hybridized carbons (Fsp3) is 0.615. The van der Waals surface area contributed by atoms with E-state index in [0.717, 1.165) is 0 Å². The molecule has 7 nitrogen and oxygen atoms in total. The van der Waals surface area contributed by atoms with Crippen molar-refractivity contribution in [3.05, 3.63) is 28.1 Å². The van der Waals surface area contributed by atoms with Crippen LogP contribution < -0.4 is 5.32 Å². The van der Waals surface area contributed by atoms with Crippen molar-refractivity contribution in [1.82, 2.24) is 9.88 Å². The molecule has 1 aromatic heterocycles. The molecule has 2 N–H and O–H groups in total. The maximum atomic E-state index is 12.3. The molecule has 0 aromatic carbocycles. The summed E-state index contributed by atoms with van der Waals surface area (Å²) < 4.78 is 1.54. The molecule has 0 radical (unpaired) electrons. The Balaban J connectivity index is 2.99. The second kappa shape index (κ2) is 6.51. The Bertz CT molecular complexity index is 498. The average molecular weight is 283 g/mol. The zero-order chi connectivity index (χ0) is 15.3. The number of nitrogens with one attached hydrogen (secondary N) is 1. The van der Waals surface area contributed by atoms with Crippen molar-refractivity contribution in [2.75, 3.05) is 6.61 Å². The van der Waals surface area contributed by atoms with E-state index in [1.807, 2.05) is 20.8 Å². The lowest BCUT2D eigenvalue weighted by atomic mass is 9.95. The molecule has 0 aliphatic heterocycles. The van der Waals surface area contributed by atoms with Crippen molar-refractivity contribution < 1.29 is 14.8 Å². The SMILES string of the molecule is CCn1cc([N+](=O)[O-])cc1C(=O)NC(C)(CC)CCO. The highest BCUT2D eigenvalue weighted by molar-refractivity contribution is 5.94. The molecule has 0 fully saturated rings. The first-order valence-corrected chi connectivity index (χ1v) is 6.64. The van der Waals surface area contributed by atoms with Crippen LogP contribution in [0.3, 0.4) is 0 Å². The number of carbonyl (C=O) groups excluding carboxylic acids is 1. The number of aryl methyl sites for hydroxylation is 1. The number of aliphatic hydroxyl groups is 1. The molecule has 0 saturated heterocycles. The van der Waals surface area contributed by atoms with Gasteiger partial charge in [-0.1, -0.05) is 6.92 Å². The second-order valence-corrected chi connectivity index (χ2v) is 4.97. The van der Waals surface area contributed by atoms with E-state index in [2.05, 4.69) is 5.32 Å². The molecule has 0 aliphatic rings. The van der Waals surface area contributed by atoms with Crippen LogP contribution in [0.15, 0.2) is 12.3 Å². The van der Waals surface area contributed by atoms with Crippen molar-refractivity contribution >= 4 is 11.6 Å². The summed E-state index contributed by atoms with van der Waals surface area (Å²) in [6.07, 6.45) is 2.45. The number of carbonyl (C=O) groups is 1. The summed E-state index contributed by atoms with van der Waals surface area (Å²) in [5.41, 5.74) is -0.363. The van der Waals surface area contributed by atoms with Crippen LogP contribution in [-0.2, 0) is 6.54 Å². The minimum absolute atomic E-state index is 0.0282. The summed E-state index contributed by atoms with van der Waals surface area (Å²) in [7, 11) is 0. The van der Waals surface area contributed by atoms with E-state index in [4.69, 9.17) is 5.11 Å². The predicted octanol–water partition coefficient (Wildman–Crippen LogP) is 1.70. The lowest BCUT2D eigenvalue weighted by molar-refractivity contribution is -0.384. The summed E-state index contributed by atoms with van der Waals surface area (Å²) in [4.78, 5) is 22.5. The first-order chi connectivity index (χ1) is 9.36. The van der Waals surface area contributed by atoms with Crippen LogP contribution in [0.25, 0.3) is 0 Å². The first kappa shape index (κ1) is 16.2. The van der Waals surface area contributed by atoms with Gasteiger partial charge in [0.2, 0.25) is 0 Å². The van der Waals surface area contributed by atoms with E-state index in [1.54, 1.807) is 4.57 Å². The van der Waals surface area contributed by atoms with E-state index in [0.29, 0.717) is 19.4 Å². The molecule has 1 rings (SSSR count). The lowest BCUT2D eigenvalue weighted by Gasteiger charge is -2.29. The van der Waals surface area contributed by atoms with Crippen molar-refractivity contribution in [2.45, 2.75) is 45.7 Å². The van der Waals surface area contributed by atoms with Crippen molar-refractivity contribution in [1.29, 1.82) is 0 Å². The first-order valence-electron chi connectivity index (χ1n) is 6.64. The molecule has 0 aliphatic carbocycles. The zero-order valence-electron chi connectivity index (χ0n) is 12.0. The number of amides is 1. The molecule has 0 bridgehead atoms. The topological polar surface area (TPSA) is 97.4 Å². The summed E-state index contributed by atoms with van der Waals surface area (Å²) >= 11 is 0. The number of hydrogen-bond acceptors (Lipinski definition) is 4. The summed E-state index contributed by atoms with van der Waals surface area (Å²) in [5, 5.41) is 22.7. The third kappa shape index (κ3) is 3.57. The van der Waals surface area contributed by atoms with E-state index in [9.17, 15) is 14.9 Å². The molecule has 112 valence electrons. The number of nitro groups is 1. The number of aliphatic hydroxyl groups excluding tert-OH is 1. The van der Waals surface area contributed by atoms with Crippen LogP contribution in [0.4, 0.5) is 5.69 Å². The minimum atomic E-state index is -0.524. The molecule has 1 atom stereocenters. The predicted molar refractivity (Wildman–Crippen MR) is 74.6 cm³/mol. The van der Waals surface area contributed by atoms with Crippen LogP contribution in [0.5, 0.6) is 0 Å². The van der Waals surface area contributed by atoms with E-state index in [-0.39, 0.29) is 23.9 Å². The highest BCUT2D eigenvalue weighted by atomic mass is 16.6. The van der Waals surface area contributed by atoms with E-state index in [1.165, 1.54) is 12.3 Å². The van der Waals surface area contributed by atoms with Gasteiger partial charge in [0.25, 0.3) is 11.6 Å². The number of hydrogen-bond donors (Lipinski definition) is 2. The Hall–Kier alpha value is -1.89. The molecule has 1 aromatic rings. The highest BCUT2D eigenvalue weighted by Crippen LogP contribution is 2.19. The Labute approximate surface area is 117 Å². The number of rotatable bonds is 7. The van der Waals surface area contributed by atoms with Gasteiger partial charge in [-0.05, 0) is 26.7 Å². The molecule has 0 spiro atoms. The van der Waals surface area contributed by atoms with Gasteiger partial charge in [0.1, 0.15) is 5.69 Å². The smallest absolute Gasteiger partial charge is 0.287 e. The quantitative estimate of drug-likeness (QED) is 0.588. The molecular weight excluding hydrogens is 262 g/mol. The number of aromatic nitrogens is 1. The lowest BCUT2D eigenvalue weighted by Crippen LogP contribution is -2.46. The second-order valence-electron chi connectivity index (χ2n) is 4.97. The van der Waals surface area contributed by atoms with Crippen LogP contribution in [0, 0.1) is 10.1 Å².